The van der Waals surface area contributed by atoms with Crippen LogP contribution in [0.4, 0.5) is 0 Å². The first-order valence-electron chi connectivity index (χ1n) is 8.20. The van der Waals surface area contributed by atoms with Crippen molar-refractivity contribution in [1.29, 1.82) is 0 Å². The van der Waals surface area contributed by atoms with E-state index in [2.05, 4.69) is 5.10 Å². The summed E-state index contributed by atoms with van der Waals surface area (Å²) in [4.78, 5) is 14.1. The summed E-state index contributed by atoms with van der Waals surface area (Å²) < 4.78 is 7.39. The molecule has 1 atom stereocenters. The highest BCUT2D eigenvalue weighted by atomic mass is 16.5. The lowest BCUT2D eigenvalue weighted by Crippen LogP contribution is -2.40. The van der Waals surface area contributed by atoms with Gasteiger partial charge >= 0.3 is 0 Å². The molecule has 1 fully saturated rings. The number of amides is 1. The zero-order valence-electron chi connectivity index (χ0n) is 13.9. The van der Waals surface area contributed by atoms with Gasteiger partial charge < -0.3 is 14.7 Å². The summed E-state index contributed by atoms with van der Waals surface area (Å²) >= 11 is 0. The van der Waals surface area contributed by atoms with Gasteiger partial charge in [0.15, 0.2) is 0 Å². The Morgan fingerprint density at radius 3 is 2.88 bits per heavy atom. The monoisotopic (exact) mass is 329 g/mol. The third-order valence-electron chi connectivity index (χ3n) is 4.32. The van der Waals surface area contributed by atoms with Crippen LogP contribution in [-0.2, 0) is 18.3 Å². The molecule has 1 aliphatic heterocycles. The smallest absolute Gasteiger partial charge is 0.223 e. The van der Waals surface area contributed by atoms with Crippen molar-refractivity contribution in [2.75, 3.05) is 19.7 Å². The van der Waals surface area contributed by atoms with Gasteiger partial charge in [-0.1, -0.05) is 18.2 Å². The van der Waals surface area contributed by atoms with Crippen LogP contribution in [0.5, 0.6) is 5.75 Å². The van der Waals surface area contributed by atoms with E-state index in [0.29, 0.717) is 32.4 Å². The molecule has 24 heavy (non-hydrogen) atoms. The largest absolute Gasteiger partial charge is 0.491 e. The van der Waals surface area contributed by atoms with Gasteiger partial charge in [-0.2, -0.15) is 5.10 Å². The Kier molecular flexibility index (Phi) is 4.85. The zero-order chi connectivity index (χ0) is 17.0. The Morgan fingerprint density at radius 1 is 1.38 bits per heavy atom. The second-order valence-corrected chi connectivity index (χ2v) is 6.41. The number of ether oxygens (including phenoxy) is 1. The molecule has 0 bridgehead atoms. The van der Waals surface area contributed by atoms with E-state index in [1.165, 1.54) is 0 Å². The molecular formula is C18H23N3O3. The second kappa shape index (κ2) is 7.05. The van der Waals surface area contributed by atoms with Crippen LogP contribution in [0.2, 0.25) is 0 Å². The first-order chi connectivity index (χ1) is 11.5. The van der Waals surface area contributed by atoms with Crippen molar-refractivity contribution in [3.8, 4) is 5.75 Å². The van der Waals surface area contributed by atoms with Gasteiger partial charge in [0.25, 0.3) is 0 Å². The Labute approximate surface area is 141 Å². The average molecular weight is 329 g/mol. The molecular weight excluding hydrogens is 306 g/mol. The van der Waals surface area contributed by atoms with E-state index in [9.17, 15) is 9.90 Å². The van der Waals surface area contributed by atoms with E-state index in [4.69, 9.17) is 4.74 Å². The molecule has 128 valence electrons. The Balaban J connectivity index is 1.47. The summed E-state index contributed by atoms with van der Waals surface area (Å²) in [5.74, 6) is 0.793. The third-order valence-corrected chi connectivity index (χ3v) is 4.32. The van der Waals surface area contributed by atoms with E-state index in [1.54, 1.807) is 15.8 Å². The van der Waals surface area contributed by atoms with Crippen LogP contribution in [0.3, 0.4) is 0 Å². The molecule has 1 amide bonds. The number of aromatic nitrogens is 2. The molecule has 2 heterocycles. The first kappa shape index (κ1) is 16.5. The van der Waals surface area contributed by atoms with Crippen LogP contribution in [0.1, 0.15) is 18.4 Å². The van der Waals surface area contributed by atoms with E-state index >= 15 is 0 Å². The first-order valence-corrected chi connectivity index (χ1v) is 8.20. The minimum atomic E-state index is -0.972. The summed E-state index contributed by atoms with van der Waals surface area (Å²) in [6, 6.07) is 9.41. The van der Waals surface area contributed by atoms with Gasteiger partial charge in [0, 0.05) is 26.2 Å². The van der Waals surface area contributed by atoms with Crippen molar-refractivity contribution in [2.45, 2.75) is 24.9 Å². The molecule has 1 N–H and O–H groups in total. The molecule has 1 aromatic carbocycles. The maximum atomic E-state index is 12.3. The van der Waals surface area contributed by atoms with Gasteiger partial charge in [-0.15, -0.1) is 0 Å². The Hall–Kier alpha value is -2.34. The molecule has 6 nitrogen and oxygen atoms in total. The van der Waals surface area contributed by atoms with Crippen LogP contribution in [0.15, 0.2) is 42.7 Å². The van der Waals surface area contributed by atoms with E-state index < -0.39 is 5.60 Å². The topological polar surface area (TPSA) is 67.6 Å². The predicted octanol–water partition coefficient (Wildman–Crippen LogP) is 1.40. The van der Waals surface area contributed by atoms with E-state index in [-0.39, 0.29) is 12.5 Å². The second-order valence-electron chi connectivity index (χ2n) is 6.41. The van der Waals surface area contributed by atoms with Crippen molar-refractivity contribution >= 4 is 5.91 Å². The lowest BCUT2D eigenvalue weighted by molar-refractivity contribution is -0.131. The quantitative estimate of drug-likeness (QED) is 0.870. The lowest BCUT2D eigenvalue weighted by atomic mass is 10.1. The van der Waals surface area contributed by atoms with E-state index in [1.807, 2.05) is 43.6 Å². The standard InChI is InChI=1S/C18H23N3O3/c1-20-12-15(11-19-20)7-8-17(22)21-10-9-18(23,13-21)14-24-16-5-3-2-4-6-16/h2-6,11-12,23H,7-10,13-14H2,1H3/t18-/m0/s1. The third kappa shape index (κ3) is 4.14. The van der Waals surface area contributed by atoms with Crippen molar-refractivity contribution in [3.63, 3.8) is 0 Å². The molecule has 0 aliphatic carbocycles. The van der Waals surface area contributed by atoms with Gasteiger partial charge in [0.1, 0.15) is 18.0 Å². The van der Waals surface area contributed by atoms with Gasteiger partial charge in [-0.3, -0.25) is 9.48 Å². The van der Waals surface area contributed by atoms with Crippen molar-refractivity contribution in [2.24, 2.45) is 7.05 Å². The fourth-order valence-electron chi connectivity index (χ4n) is 2.93. The van der Waals surface area contributed by atoms with Crippen LogP contribution in [0, 0.1) is 0 Å². The van der Waals surface area contributed by atoms with Crippen LogP contribution in [-0.4, -0.2) is 51.0 Å². The maximum absolute atomic E-state index is 12.3. The number of rotatable bonds is 6. The van der Waals surface area contributed by atoms with Crippen molar-refractivity contribution in [1.82, 2.24) is 14.7 Å². The van der Waals surface area contributed by atoms with Crippen molar-refractivity contribution in [3.05, 3.63) is 48.3 Å². The Bertz CT molecular complexity index is 686. The number of carbonyl (C=O) groups is 1. The molecule has 0 unspecified atom stereocenters. The number of hydrogen-bond acceptors (Lipinski definition) is 4. The Morgan fingerprint density at radius 2 is 2.17 bits per heavy atom. The normalized spacial score (nSPS) is 20.3. The molecule has 2 aromatic rings. The molecule has 0 spiro atoms. The highest BCUT2D eigenvalue weighted by Crippen LogP contribution is 2.23. The zero-order valence-corrected chi connectivity index (χ0v) is 13.9. The van der Waals surface area contributed by atoms with Gasteiger partial charge in [-0.05, 0) is 30.5 Å². The lowest BCUT2D eigenvalue weighted by Gasteiger charge is -2.23. The van der Waals surface area contributed by atoms with Gasteiger partial charge in [0.05, 0.1) is 12.7 Å². The highest BCUT2D eigenvalue weighted by molar-refractivity contribution is 5.76. The summed E-state index contributed by atoms with van der Waals surface area (Å²) in [5.41, 5.74) is 0.0764. The predicted molar refractivity (Wildman–Crippen MR) is 89.6 cm³/mol. The van der Waals surface area contributed by atoms with Gasteiger partial charge in [0.2, 0.25) is 5.91 Å². The molecule has 1 aliphatic rings. The van der Waals surface area contributed by atoms with Crippen molar-refractivity contribution < 1.29 is 14.6 Å². The molecule has 0 saturated carbocycles. The van der Waals surface area contributed by atoms with E-state index in [0.717, 1.165) is 11.3 Å². The molecule has 1 aromatic heterocycles. The number of para-hydroxylation sites is 1. The minimum absolute atomic E-state index is 0.0643. The van der Waals surface area contributed by atoms with Crippen LogP contribution >= 0.6 is 0 Å². The van der Waals surface area contributed by atoms with Gasteiger partial charge in [-0.25, -0.2) is 0 Å². The fourth-order valence-corrected chi connectivity index (χ4v) is 2.93. The number of nitrogens with zero attached hydrogens (tertiary/aromatic N) is 3. The molecule has 1 saturated heterocycles. The maximum Gasteiger partial charge on any atom is 0.223 e. The molecule has 0 radical (unpaired) electrons. The minimum Gasteiger partial charge on any atom is -0.491 e. The summed E-state index contributed by atoms with van der Waals surface area (Å²) in [5, 5.41) is 14.7. The average Bonchev–Trinajstić information content (AvgIpc) is 3.18. The fraction of sp³-hybridized carbons (Fsp3) is 0.444. The number of aryl methyl sites for hydroxylation is 2. The summed E-state index contributed by atoms with van der Waals surface area (Å²) in [6.07, 6.45) is 5.34. The number of benzene rings is 1. The summed E-state index contributed by atoms with van der Waals surface area (Å²) in [7, 11) is 1.86. The SMILES string of the molecule is Cn1cc(CCC(=O)N2CC[C@@](O)(COc3ccccc3)C2)cn1. The van der Waals surface area contributed by atoms with Crippen LogP contribution < -0.4 is 4.74 Å². The summed E-state index contributed by atoms with van der Waals surface area (Å²) in [6.45, 7) is 1.09. The number of carbonyl (C=O) groups excluding carboxylic acids is 1. The number of hydrogen-bond donors (Lipinski definition) is 1. The molecule has 6 heteroatoms. The number of aliphatic hydroxyl groups is 1. The number of β-amino-alcohol motifs (C(OH)–C–C–N with tert-alkyl or cyclic N) is 1. The molecule has 3 rings (SSSR count). The van der Waals surface area contributed by atoms with Crippen LogP contribution in [0.25, 0.3) is 0 Å². The number of likely N-dealkylation sites (tertiary alicyclic amines) is 1. The highest BCUT2D eigenvalue weighted by Gasteiger charge is 2.38.